The summed E-state index contributed by atoms with van der Waals surface area (Å²) in [6.07, 6.45) is 8.60. The van der Waals surface area contributed by atoms with Gasteiger partial charge in [-0.3, -0.25) is 0 Å². The molecule has 0 fully saturated rings. The van der Waals surface area contributed by atoms with Crippen molar-refractivity contribution in [2.45, 2.75) is 25.9 Å². The second kappa shape index (κ2) is 6.49. The highest BCUT2D eigenvalue weighted by atomic mass is 16.5. The quantitative estimate of drug-likeness (QED) is 0.824. The van der Waals surface area contributed by atoms with Crippen molar-refractivity contribution in [3.63, 3.8) is 0 Å². The van der Waals surface area contributed by atoms with Crippen molar-refractivity contribution in [2.75, 3.05) is 7.11 Å². The standard InChI is InChI=1S/C19H19O2/c1-20-18-12-16-10-6-3-7-11-17(16)13-19(18)21-14-15-8-4-2-5-9-15/h2,4-5,8-9,11-13H,3,6,10,14H2,1H3. The van der Waals surface area contributed by atoms with Gasteiger partial charge in [-0.15, -0.1) is 0 Å². The van der Waals surface area contributed by atoms with Crippen molar-refractivity contribution >= 4 is 6.08 Å². The number of benzene rings is 2. The van der Waals surface area contributed by atoms with Crippen LogP contribution in [0, 0.1) is 6.08 Å². The van der Waals surface area contributed by atoms with Gasteiger partial charge in [-0.05, 0) is 54.2 Å². The van der Waals surface area contributed by atoms with E-state index in [9.17, 15) is 0 Å². The predicted octanol–water partition coefficient (Wildman–Crippen LogP) is 4.43. The Morgan fingerprint density at radius 3 is 2.76 bits per heavy atom. The molecule has 2 aromatic rings. The molecule has 0 atom stereocenters. The molecule has 0 spiro atoms. The van der Waals surface area contributed by atoms with E-state index in [2.05, 4.69) is 36.4 Å². The Hall–Kier alpha value is -2.22. The van der Waals surface area contributed by atoms with Gasteiger partial charge in [0.15, 0.2) is 11.5 Å². The third-order valence-electron chi connectivity index (χ3n) is 3.69. The molecule has 0 heterocycles. The Balaban J connectivity index is 1.85. The van der Waals surface area contributed by atoms with Gasteiger partial charge in [0.05, 0.1) is 7.11 Å². The third kappa shape index (κ3) is 3.27. The van der Waals surface area contributed by atoms with Crippen molar-refractivity contribution < 1.29 is 9.47 Å². The van der Waals surface area contributed by atoms with Crippen LogP contribution >= 0.6 is 0 Å². The first-order chi connectivity index (χ1) is 10.4. The molecule has 21 heavy (non-hydrogen) atoms. The van der Waals surface area contributed by atoms with Gasteiger partial charge in [0.2, 0.25) is 0 Å². The number of hydrogen-bond acceptors (Lipinski definition) is 2. The lowest BCUT2D eigenvalue weighted by Crippen LogP contribution is -1.99. The molecule has 0 aromatic heterocycles. The van der Waals surface area contributed by atoms with E-state index in [1.54, 1.807) is 7.11 Å². The molecule has 0 N–H and O–H groups in total. The first-order valence-corrected chi connectivity index (χ1v) is 7.31. The number of allylic oxidation sites excluding steroid dienone is 1. The summed E-state index contributed by atoms with van der Waals surface area (Å²) in [6.45, 7) is 0.545. The first-order valence-electron chi connectivity index (χ1n) is 7.31. The van der Waals surface area contributed by atoms with Crippen LogP contribution in [0.1, 0.15) is 29.5 Å². The zero-order chi connectivity index (χ0) is 14.5. The molecule has 0 aliphatic heterocycles. The Morgan fingerprint density at radius 2 is 1.95 bits per heavy atom. The largest absolute Gasteiger partial charge is 0.493 e. The zero-order valence-corrected chi connectivity index (χ0v) is 12.3. The van der Waals surface area contributed by atoms with Gasteiger partial charge < -0.3 is 9.47 Å². The summed E-state index contributed by atoms with van der Waals surface area (Å²) in [5.74, 6) is 1.60. The summed E-state index contributed by atoms with van der Waals surface area (Å²) in [5, 5.41) is 0. The van der Waals surface area contributed by atoms with Crippen LogP contribution in [0.15, 0.2) is 42.5 Å². The minimum atomic E-state index is 0.545. The maximum Gasteiger partial charge on any atom is 0.162 e. The van der Waals surface area contributed by atoms with E-state index in [1.807, 2.05) is 18.2 Å². The van der Waals surface area contributed by atoms with E-state index in [-0.39, 0.29) is 0 Å². The lowest BCUT2D eigenvalue weighted by molar-refractivity contribution is 0.284. The molecular weight excluding hydrogens is 260 g/mol. The SMILES string of the molecule is COc1cc2c(cc1OCc1ccccc1)C=[C]CCC2. The number of methoxy groups -OCH3 is 1. The fourth-order valence-electron chi connectivity index (χ4n) is 2.54. The summed E-state index contributed by atoms with van der Waals surface area (Å²) in [4.78, 5) is 0. The Bertz CT molecular complexity index is 630. The Morgan fingerprint density at radius 1 is 1.10 bits per heavy atom. The summed E-state index contributed by atoms with van der Waals surface area (Å²) in [6, 6.07) is 14.3. The molecular formula is C19H19O2. The molecule has 1 radical (unpaired) electrons. The van der Waals surface area contributed by atoms with Crippen molar-refractivity contribution in [1.82, 2.24) is 0 Å². The second-order valence-corrected chi connectivity index (χ2v) is 5.18. The topological polar surface area (TPSA) is 18.5 Å². The van der Waals surface area contributed by atoms with Gasteiger partial charge in [-0.2, -0.15) is 0 Å². The average Bonchev–Trinajstić information content (AvgIpc) is 2.77. The molecule has 2 heteroatoms. The number of rotatable bonds is 4. The summed E-state index contributed by atoms with van der Waals surface area (Å²) < 4.78 is 11.4. The van der Waals surface area contributed by atoms with Crippen LogP contribution in [-0.2, 0) is 13.0 Å². The van der Waals surface area contributed by atoms with Gasteiger partial charge in [0.25, 0.3) is 0 Å². The summed E-state index contributed by atoms with van der Waals surface area (Å²) in [7, 11) is 1.69. The molecule has 107 valence electrons. The van der Waals surface area contributed by atoms with E-state index >= 15 is 0 Å². The summed E-state index contributed by atoms with van der Waals surface area (Å²) in [5.41, 5.74) is 3.65. The number of ether oxygens (including phenoxy) is 2. The molecule has 0 amide bonds. The first kappa shape index (κ1) is 13.7. The van der Waals surface area contributed by atoms with Crippen LogP contribution < -0.4 is 9.47 Å². The molecule has 3 rings (SSSR count). The van der Waals surface area contributed by atoms with Crippen LogP contribution in [0.3, 0.4) is 0 Å². The van der Waals surface area contributed by atoms with Crippen molar-refractivity contribution in [1.29, 1.82) is 0 Å². The van der Waals surface area contributed by atoms with Crippen molar-refractivity contribution in [2.24, 2.45) is 0 Å². The molecule has 0 saturated carbocycles. The lowest BCUT2D eigenvalue weighted by atomic mass is 10.0. The minimum absolute atomic E-state index is 0.545. The molecule has 1 aliphatic rings. The van der Waals surface area contributed by atoms with Crippen molar-refractivity contribution in [3.05, 3.63) is 65.2 Å². The molecule has 2 nitrogen and oxygen atoms in total. The number of aryl methyl sites for hydroxylation is 1. The van der Waals surface area contributed by atoms with Crippen molar-refractivity contribution in [3.8, 4) is 11.5 Å². The van der Waals surface area contributed by atoms with Crippen LogP contribution in [0.4, 0.5) is 0 Å². The van der Waals surface area contributed by atoms with E-state index in [0.29, 0.717) is 6.61 Å². The maximum atomic E-state index is 5.95. The monoisotopic (exact) mass is 279 g/mol. The fourth-order valence-corrected chi connectivity index (χ4v) is 2.54. The summed E-state index contributed by atoms with van der Waals surface area (Å²) >= 11 is 0. The maximum absolute atomic E-state index is 5.95. The second-order valence-electron chi connectivity index (χ2n) is 5.18. The van der Waals surface area contributed by atoms with E-state index in [1.165, 1.54) is 11.1 Å². The smallest absolute Gasteiger partial charge is 0.162 e. The van der Waals surface area contributed by atoms with Gasteiger partial charge in [-0.25, -0.2) is 0 Å². The van der Waals surface area contributed by atoms with E-state index in [4.69, 9.17) is 9.47 Å². The molecule has 0 saturated heterocycles. The van der Waals surface area contributed by atoms with E-state index in [0.717, 1.165) is 36.3 Å². The normalized spacial score (nSPS) is 13.4. The van der Waals surface area contributed by atoms with E-state index < -0.39 is 0 Å². The average molecular weight is 279 g/mol. The van der Waals surface area contributed by atoms with Crippen LogP contribution in [0.25, 0.3) is 6.08 Å². The third-order valence-corrected chi connectivity index (χ3v) is 3.69. The number of hydrogen-bond donors (Lipinski definition) is 0. The molecule has 2 aromatic carbocycles. The Kier molecular flexibility index (Phi) is 4.25. The highest BCUT2D eigenvalue weighted by molar-refractivity contribution is 5.60. The van der Waals surface area contributed by atoms with Gasteiger partial charge in [0, 0.05) is 0 Å². The van der Waals surface area contributed by atoms with Crippen LogP contribution in [0.2, 0.25) is 0 Å². The minimum Gasteiger partial charge on any atom is -0.493 e. The highest BCUT2D eigenvalue weighted by Gasteiger charge is 2.12. The molecule has 0 bridgehead atoms. The van der Waals surface area contributed by atoms with Gasteiger partial charge in [-0.1, -0.05) is 36.4 Å². The van der Waals surface area contributed by atoms with Crippen LogP contribution in [0.5, 0.6) is 11.5 Å². The van der Waals surface area contributed by atoms with Gasteiger partial charge >= 0.3 is 0 Å². The highest BCUT2D eigenvalue weighted by Crippen LogP contribution is 2.33. The zero-order valence-electron chi connectivity index (χ0n) is 12.3. The number of fused-ring (bicyclic) bond motifs is 1. The van der Waals surface area contributed by atoms with Gasteiger partial charge in [0.1, 0.15) is 6.61 Å². The molecule has 0 unspecified atom stereocenters. The predicted molar refractivity (Wildman–Crippen MR) is 84.4 cm³/mol. The lowest BCUT2D eigenvalue weighted by Gasteiger charge is -2.14. The Labute approximate surface area is 126 Å². The van der Waals surface area contributed by atoms with Crippen LogP contribution in [-0.4, -0.2) is 7.11 Å². The fraction of sp³-hybridized carbons (Fsp3) is 0.263. The molecule has 1 aliphatic carbocycles.